The van der Waals surface area contributed by atoms with Crippen LogP contribution in [0.5, 0.6) is 0 Å². The molecule has 2 aromatic rings. The number of esters is 1. The number of carbonyl (C=O) groups excluding carboxylic acids is 2. The summed E-state index contributed by atoms with van der Waals surface area (Å²) < 4.78 is 33.7. The van der Waals surface area contributed by atoms with Crippen LogP contribution in [0.3, 0.4) is 0 Å². The van der Waals surface area contributed by atoms with Crippen LogP contribution in [-0.2, 0) is 33.7 Å². The molecule has 1 aromatic heterocycles. The molecule has 0 saturated carbocycles. The van der Waals surface area contributed by atoms with Crippen LogP contribution in [0.25, 0.3) is 6.08 Å². The molecule has 0 fully saturated rings. The monoisotopic (exact) mass is 478 g/mol. The van der Waals surface area contributed by atoms with E-state index in [1.165, 1.54) is 20.2 Å². The van der Waals surface area contributed by atoms with Gasteiger partial charge in [-0.2, -0.15) is 4.72 Å². The zero-order valence-electron chi connectivity index (χ0n) is 18.6. The molecule has 3 N–H and O–H groups in total. The van der Waals surface area contributed by atoms with Crippen LogP contribution in [0.15, 0.2) is 45.3 Å². The van der Waals surface area contributed by atoms with Crippen LogP contribution in [0.4, 0.5) is 5.82 Å². The highest BCUT2D eigenvalue weighted by Crippen LogP contribution is 2.10. The summed E-state index contributed by atoms with van der Waals surface area (Å²) in [6, 6.07) is 7.41. The minimum Gasteiger partial charge on any atom is -0.456 e. The molecule has 33 heavy (non-hydrogen) atoms. The summed E-state index contributed by atoms with van der Waals surface area (Å²) in [5, 5.41) is 0.922. The quantitative estimate of drug-likeness (QED) is 0.376. The maximum Gasteiger partial charge on any atom is 0.332 e. The number of hydrogen-bond acceptors (Lipinski definition) is 8. The van der Waals surface area contributed by atoms with E-state index in [0.29, 0.717) is 10.1 Å². The summed E-state index contributed by atoms with van der Waals surface area (Å²) >= 11 is 0. The Kier molecular flexibility index (Phi) is 8.12. The number of sulfonamides is 1. The second-order valence-electron chi connectivity index (χ2n) is 7.59. The Morgan fingerprint density at radius 1 is 1.12 bits per heavy atom. The lowest BCUT2D eigenvalue weighted by molar-refractivity contribution is -0.145. The summed E-state index contributed by atoms with van der Waals surface area (Å²) in [7, 11) is -1.55. The summed E-state index contributed by atoms with van der Waals surface area (Å²) in [4.78, 5) is 49.2. The second kappa shape index (κ2) is 10.4. The summed E-state index contributed by atoms with van der Waals surface area (Å²) in [6.07, 6.45) is 1.37. The number of nitrogens with two attached hydrogens (primary N) is 1. The van der Waals surface area contributed by atoms with E-state index >= 15 is 0 Å². The zero-order chi connectivity index (χ0) is 24.9. The lowest BCUT2D eigenvalue weighted by Gasteiger charge is -2.19. The molecule has 1 heterocycles. The Bertz CT molecular complexity index is 1290. The van der Waals surface area contributed by atoms with E-state index in [0.717, 1.165) is 9.98 Å². The highest BCUT2D eigenvalue weighted by molar-refractivity contribution is 7.92. The van der Waals surface area contributed by atoms with Crippen LogP contribution < -0.4 is 21.7 Å². The van der Waals surface area contributed by atoms with E-state index in [1.807, 2.05) is 0 Å². The third kappa shape index (κ3) is 6.26. The van der Waals surface area contributed by atoms with E-state index in [4.69, 9.17) is 10.5 Å². The van der Waals surface area contributed by atoms with Gasteiger partial charge in [0.15, 0.2) is 6.61 Å². The van der Waals surface area contributed by atoms with Gasteiger partial charge in [0.2, 0.25) is 15.8 Å². The minimum absolute atomic E-state index is 0.365. The topological polar surface area (TPSA) is 160 Å². The van der Waals surface area contributed by atoms with Crippen LogP contribution in [-0.4, -0.2) is 42.0 Å². The fraction of sp³-hybridized carbons (Fsp3) is 0.333. The minimum atomic E-state index is -4.02. The highest BCUT2D eigenvalue weighted by atomic mass is 32.2. The van der Waals surface area contributed by atoms with Gasteiger partial charge in [0.25, 0.3) is 5.56 Å². The van der Waals surface area contributed by atoms with Crippen molar-refractivity contribution in [3.8, 4) is 0 Å². The Balaban J connectivity index is 2.15. The van der Waals surface area contributed by atoms with Crippen molar-refractivity contribution in [2.24, 2.45) is 20.0 Å². The maximum absolute atomic E-state index is 12.5. The molecule has 0 aliphatic carbocycles. The van der Waals surface area contributed by atoms with Crippen LogP contribution in [0.2, 0.25) is 0 Å². The molecule has 11 nitrogen and oxygen atoms in total. The predicted molar refractivity (Wildman–Crippen MR) is 123 cm³/mol. The molecule has 0 saturated heterocycles. The number of nitrogens with one attached hydrogen (secondary N) is 1. The number of nitrogen functional groups attached to an aromatic ring is 1. The van der Waals surface area contributed by atoms with E-state index in [1.54, 1.807) is 44.2 Å². The molecule has 0 amide bonds. The molecule has 0 aliphatic heterocycles. The molecule has 12 heteroatoms. The first-order valence-electron chi connectivity index (χ1n) is 9.86. The molecule has 1 unspecified atom stereocenters. The molecular weight excluding hydrogens is 452 g/mol. The predicted octanol–water partition coefficient (Wildman–Crippen LogP) is 0.00700. The molecule has 0 spiro atoms. The third-order valence-corrected chi connectivity index (χ3v) is 5.86. The second-order valence-corrected chi connectivity index (χ2v) is 9.19. The van der Waals surface area contributed by atoms with Gasteiger partial charge in [-0.15, -0.1) is 0 Å². The van der Waals surface area contributed by atoms with Crippen molar-refractivity contribution in [2.75, 3.05) is 12.3 Å². The number of rotatable bonds is 9. The van der Waals surface area contributed by atoms with Crippen LogP contribution >= 0.6 is 0 Å². The van der Waals surface area contributed by atoms with Gasteiger partial charge in [0.1, 0.15) is 17.4 Å². The van der Waals surface area contributed by atoms with Crippen molar-refractivity contribution in [3.05, 3.63) is 67.7 Å². The lowest BCUT2D eigenvalue weighted by Crippen LogP contribution is -2.45. The van der Waals surface area contributed by atoms with Gasteiger partial charge in [-0.05, 0) is 17.6 Å². The number of anilines is 1. The number of nitrogens with zero attached hydrogens (tertiary/aromatic N) is 2. The van der Waals surface area contributed by atoms with E-state index in [9.17, 15) is 27.6 Å². The molecule has 178 valence electrons. The Hall–Kier alpha value is -3.51. The maximum atomic E-state index is 12.5. The van der Waals surface area contributed by atoms with Gasteiger partial charge in [-0.1, -0.05) is 44.2 Å². The van der Waals surface area contributed by atoms with Crippen LogP contribution in [0, 0.1) is 5.92 Å². The number of aromatic nitrogens is 2. The number of carbonyl (C=O) groups is 2. The number of ketones is 1. The molecule has 1 atom stereocenters. The van der Waals surface area contributed by atoms with Crippen molar-refractivity contribution >= 4 is 33.7 Å². The third-order valence-electron chi connectivity index (χ3n) is 4.79. The number of ether oxygens (including phenoxy) is 1. The van der Waals surface area contributed by atoms with Gasteiger partial charge < -0.3 is 10.5 Å². The van der Waals surface area contributed by atoms with Crippen molar-refractivity contribution in [3.63, 3.8) is 0 Å². The Labute approximate surface area is 190 Å². The first-order valence-corrected chi connectivity index (χ1v) is 11.4. The van der Waals surface area contributed by atoms with Crippen molar-refractivity contribution in [2.45, 2.75) is 19.9 Å². The molecule has 2 rings (SSSR count). The van der Waals surface area contributed by atoms with Gasteiger partial charge in [-0.25, -0.2) is 13.2 Å². The van der Waals surface area contributed by atoms with E-state index in [2.05, 4.69) is 4.72 Å². The fourth-order valence-electron chi connectivity index (χ4n) is 2.83. The highest BCUT2D eigenvalue weighted by Gasteiger charge is 2.29. The standard InChI is InChI=1S/C21H26N4O7S/c1-13(2)17(23-33(30,31)11-10-14-8-6-5-7-9-14)20(28)32-12-15(26)16-18(22)24(3)21(29)25(4)19(16)27/h5-11,13,17,23H,12,22H2,1-4H3. The molecule has 0 bridgehead atoms. The van der Waals surface area contributed by atoms with Gasteiger partial charge in [0, 0.05) is 19.5 Å². The first-order chi connectivity index (χ1) is 15.4. The SMILES string of the molecule is CC(C)C(NS(=O)(=O)C=Cc1ccccc1)C(=O)OCC(=O)c1c(N)n(C)c(=O)n(C)c1=O. The Morgan fingerprint density at radius 3 is 2.30 bits per heavy atom. The summed E-state index contributed by atoms with van der Waals surface area (Å²) in [6.45, 7) is 2.33. The van der Waals surface area contributed by atoms with Gasteiger partial charge in [0.05, 0.1) is 0 Å². The fourth-order valence-corrected chi connectivity index (χ4v) is 3.96. The average molecular weight is 479 g/mol. The smallest absolute Gasteiger partial charge is 0.332 e. The van der Waals surface area contributed by atoms with Gasteiger partial charge >= 0.3 is 11.7 Å². The summed E-state index contributed by atoms with van der Waals surface area (Å²) in [5.41, 5.74) is 4.22. The average Bonchev–Trinajstić information content (AvgIpc) is 2.77. The molecule has 0 aliphatic rings. The first kappa shape index (κ1) is 25.7. The number of benzene rings is 1. The molecule has 0 radical (unpaired) electrons. The Morgan fingerprint density at radius 2 is 1.73 bits per heavy atom. The number of Topliss-reactive ketones (excluding diaryl/α,β-unsaturated/α-hetero) is 1. The van der Waals surface area contributed by atoms with E-state index in [-0.39, 0.29) is 5.82 Å². The summed E-state index contributed by atoms with van der Waals surface area (Å²) in [5.74, 6) is -2.80. The van der Waals surface area contributed by atoms with Crippen molar-refractivity contribution < 1.29 is 22.7 Å². The zero-order valence-corrected chi connectivity index (χ0v) is 19.5. The van der Waals surface area contributed by atoms with Crippen molar-refractivity contribution in [1.82, 2.24) is 13.9 Å². The van der Waals surface area contributed by atoms with E-state index < -0.39 is 57.2 Å². The normalized spacial score (nSPS) is 12.8. The largest absolute Gasteiger partial charge is 0.456 e. The molecular formula is C21H26N4O7S. The number of hydrogen-bond donors (Lipinski definition) is 2. The lowest BCUT2D eigenvalue weighted by atomic mass is 10.1. The van der Waals surface area contributed by atoms with Gasteiger partial charge in [-0.3, -0.25) is 23.5 Å². The van der Waals surface area contributed by atoms with Crippen LogP contribution in [0.1, 0.15) is 29.8 Å². The van der Waals surface area contributed by atoms with Crippen molar-refractivity contribution in [1.29, 1.82) is 0 Å². The molecule has 1 aromatic carbocycles.